The summed E-state index contributed by atoms with van der Waals surface area (Å²) in [5, 5.41) is 12.4. The van der Waals surface area contributed by atoms with Crippen LogP contribution >= 0.6 is 23.1 Å². The zero-order valence-corrected chi connectivity index (χ0v) is 16.5. The Morgan fingerprint density at radius 2 is 2.08 bits per heavy atom. The monoisotopic (exact) mass is 390 g/mol. The number of aromatic nitrogens is 2. The van der Waals surface area contributed by atoms with Crippen LogP contribution in [0.15, 0.2) is 30.3 Å². The number of thioether (sulfide) groups is 1. The van der Waals surface area contributed by atoms with E-state index in [4.69, 9.17) is 0 Å². The zero-order chi connectivity index (χ0) is 18.5. The molecule has 2 amide bonds. The number of carbonyl (C=O) groups is 2. The van der Waals surface area contributed by atoms with E-state index in [2.05, 4.69) is 27.6 Å². The molecule has 0 spiro atoms. The Morgan fingerprint density at radius 1 is 1.31 bits per heavy atom. The second-order valence-electron chi connectivity index (χ2n) is 6.51. The van der Waals surface area contributed by atoms with Gasteiger partial charge in [0.1, 0.15) is 5.01 Å². The molecule has 1 N–H and O–H groups in total. The summed E-state index contributed by atoms with van der Waals surface area (Å²) in [4.78, 5) is 26.1. The van der Waals surface area contributed by atoms with Crippen LogP contribution in [0.2, 0.25) is 0 Å². The van der Waals surface area contributed by atoms with Crippen LogP contribution in [0.1, 0.15) is 30.8 Å². The number of hydrogen-bond donors (Lipinski definition) is 1. The molecule has 1 aromatic carbocycles. The van der Waals surface area contributed by atoms with Crippen molar-refractivity contribution in [1.82, 2.24) is 15.1 Å². The van der Waals surface area contributed by atoms with E-state index in [0.29, 0.717) is 11.7 Å². The summed E-state index contributed by atoms with van der Waals surface area (Å²) in [7, 11) is 0. The standard InChI is InChI=1S/C18H22N4O2S2/c1-12(2)22-9-14(8-16(22)23)17(24)19-18-21-20-15(26-18)11-25-10-13-6-4-3-5-7-13/h3-7,12,14H,8-11H2,1-2H3,(H,19,21,24)/t14-/m0/s1. The topological polar surface area (TPSA) is 75.2 Å². The van der Waals surface area contributed by atoms with E-state index < -0.39 is 0 Å². The lowest BCUT2D eigenvalue weighted by Gasteiger charge is -2.20. The minimum absolute atomic E-state index is 0.0374. The van der Waals surface area contributed by atoms with Gasteiger partial charge in [0.05, 0.1) is 5.92 Å². The molecule has 3 rings (SSSR count). The number of likely N-dealkylation sites (tertiary alicyclic amines) is 1. The van der Waals surface area contributed by atoms with Gasteiger partial charge in [0, 0.05) is 30.5 Å². The summed E-state index contributed by atoms with van der Waals surface area (Å²) in [6.07, 6.45) is 0.266. The molecule has 0 unspecified atom stereocenters. The van der Waals surface area contributed by atoms with Gasteiger partial charge in [-0.05, 0) is 19.4 Å². The van der Waals surface area contributed by atoms with Gasteiger partial charge in [0.25, 0.3) is 0 Å². The molecule has 1 fully saturated rings. The first-order chi connectivity index (χ1) is 12.5. The van der Waals surface area contributed by atoms with Crippen molar-refractivity contribution in [2.24, 2.45) is 5.92 Å². The van der Waals surface area contributed by atoms with E-state index >= 15 is 0 Å². The molecule has 1 aliphatic heterocycles. The summed E-state index contributed by atoms with van der Waals surface area (Å²) in [5.41, 5.74) is 1.27. The van der Waals surface area contributed by atoms with Crippen LogP contribution in [0.3, 0.4) is 0 Å². The molecule has 1 aliphatic rings. The van der Waals surface area contributed by atoms with Gasteiger partial charge in [-0.25, -0.2) is 0 Å². The number of hydrogen-bond acceptors (Lipinski definition) is 6. The van der Waals surface area contributed by atoms with Gasteiger partial charge in [-0.1, -0.05) is 41.7 Å². The third kappa shape index (κ3) is 4.82. The lowest BCUT2D eigenvalue weighted by molar-refractivity contribution is -0.129. The number of rotatable bonds is 7. The second-order valence-corrected chi connectivity index (χ2v) is 8.56. The molecule has 6 nitrogen and oxygen atoms in total. The third-order valence-electron chi connectivity index (χ3n) is 4.19. The molecule has 1 saturated heterocycles. The molecule has 1 aromatic heterocycles. The smallest absolute Gasteiger partial charge is 0.231 e. The van der Waals surface area contributed by atoms with Gasteiger partial charge in [0.2, 0.25) is 16.9 Å². The fraction of sp³-hybridized carbons (Fsp3) is 0.444. The van der Waals surface area contributed by atoms with Crippen LogP contribution in [-0.2, 0) is 21.1 Å². The van der Waals surface area contributed by atoms with Crippen LogP contribution < -0.4 is 5.32 Å². The van der Waals surface area contributed by atoms with Crippen molar-refractivity contribution in [3.05, 3.63) is 40.9 Å². The van der Waals surface area contributed by atoms with Crippen molar-refractivity contribution in [2.75, 3.05) is 11.9 Å². The molecule has 8 heteroatoms. The van der Waals surface area contributed by atoms with E-state index in [0.717, 1.165) is 16.5 Å². The molecule has 26 heavy (non-hydrogen) atoms. The molecule has 1 atom stereocenters. The van der Waals surface area contributed by atoms with Gasteiger partial charge in [-0.3, -0.25) is 9.59 Å². The number of nitrogens with zero attached hydrogens (tertiary/aromatic N) is 3. The highest BCUT2D eigenvalue weighted by Gasteiger charge is 2.35. The molecule has 0 bridgehead atoms. The van der Waals surface area contributed by atoms with Crippen molar-refractivity contribution in [3.63, 3.8) is 0 Å². The Balaban J connectivity index is 1.47. The van der Waals surface area contributed by atoms with Crippen molar-refractivity contribution < 1.29 is 9.59 Å². The van der Waals surface area contributed by atoms with Crippen LogP contribution in [0.5, 0.6) is 0 Å². The highest BCUT2D eigenvalue weighted by Crippen LogP contribution is 2.25. The van der Waals surface area contributed by atoms with Crippen LogP contribution in [0.25, 0.3) is 0 Å². The fourth-order valence-corrected chi connectivity index (χ4v) is 4.59. The summed E-state index contributed by atoms with van der Waals surface area (Å²) >= 11 is 3.15. The quantitative estimate of drug-likeness (QED) is 0.786. The van der Waals surface area contributed by atoms with E-state index in [1.54, 1.807) is 16.7 Å². The number of anilines is 1. The predicted molar refractivity (Wildman–Crippen MR) is 105 cm³/mol. The predicted octanol–water partition coefficient (Wildman–Crippen LogP) is 3.17. The van der Waals surface area contributed by atoms with Gasteiger partial charge in [-0.2, -0.15) is 0 Å². The largest absolute Gasteiger partial charge is 0.339 e. The highest BCUT2D eigenvalue weighted by molar-refractivity contribution is 7.97. The van der Waals surface area contributed by atoms with E-state index in [-0.39, 0.29) is 30.2 Å². The van der Waals surface area contributed by atoms with Gasteiger partial charge in [0.15, 0.2) is 0 Å². The van der Waals surface area contributed by atoms with Crippen molar-refractivity contribution >= 4 is 40.0 Å². The number of nitrogens with one attached hydrogen (secondary N) is 1. The van der Waals surface area contributed by atoms with E-state index in [9.17, 15) is 9.59 Å². The molecule has 0 saturated carbocycles. The maximum absolute atomic E-state index is 12.4. The summed E-state index contributed by atoms with van der Waals surface area (Å²) in [6, 6.07) is 10.4. The molecule has 2 aromatic rings. The normalized spacial score (nSPS) is 17.1. The Morgan fingerprint density at radius 3 is 2.77 bits per heavy atom. The first kappa shape index (κ1) is 18.8. The maximum Gasteiger partial charge on any atom is 0.231 e. The number of carbonyl (C=O) groups excluding carboxylic acids is 2. The Bertz CT molecular complexity index is 764. The second kappa shape index (κ2) is 8.64. The molecule has 0 radical (unpaired) electrons. The Kier molecular flexibility index (Phi) is 6.26. The molecule has 2 heterocycles. The van der Waals surface area contributed by atoms with Crippen LogP contribution in [-0.4, -0.2) is 39.5 Å². The van der Waals surface area contributed by atoms with Crippen molar-refractivity contribution in [2.45, 2.75) is 37.8 Å². The van der Waals surface area contributed by atoms with E-state index in [1.165, 1.54) is 16.9 Å². The van der Waals surface area contributed by atoms with Gasteiger partial charge < -0.3 is 10.2 Å². The zero-order valence-electron chi connectivity index (χ0n) is 14.8. The Hall–Kier alpha value is -1.93. The first-order valence-electron chi connectivity index (χ1n) is 8.57. The summed E-state index contributed by atoms with van der Waals surface area (Å²) in [5.74, 6) is 1.24. The van der Waals surface area contributed by atoms with Gasteiger partial charge in [-0.15, -0.1) is 22.0 Å². The molecular weight excluding hydrogens is 368 g/mol. The van der Waals surface area contributed by atoms with Crippen molar-refractivity contribution in [1.29, 1.82) is 0 Å². The average molecular weight is 391 g/mol. The molecule has 138 valence electrons. The van der Waals surface area contributed by atoms with E-state index in [1.807, 2.05) is 32.0 Å². The maximum atomic E-state index is 12.4. The minimum atomic E-state index is -0.315. The average Bonchev–Trinajstić information content (AvgIpc) is 3.22. The van der Waals surface area contributed by atoms with Crippen LogP contribution in [0.4, 0.5) is 5.13 Å². The highest BCUT2D eigenvalue weighted by atomic mass is 32.2. The SMILES string of the molecule is CC(C)N1C[C@@H](C(=O)Nc2nnc(CSCc3ccccc3)s2)CC1=O. The molecular formula is C18H22N4O2S2. The minimum Gasteiger partial charge on any atom is -0.339 e. The summed E-state index contributed by atoms with van der Waals surface area (Å²) < 4.78 is 0. The van der Waals surface area contributed by atoms with Crippen molar-refractivity contribution in [3.8, 4) is 0 Å². The van der Waals surface area contributed by atoms with Crippen LogP contribution in [0, 0.1) is 5.92 Å². The lowest BCUT2D eigenvalue weighted by atomic mass is 10.1. The third-order valence-corrected chi connectivity index (χ3v) is 6.22. The first-order valence-corrected chi connectivity index (χ1v) is 10.5. The van der Waals surface area contributed by atoms with Gasteiger partial charge >= 0.3 is 0 Å². The summed E-state index contributed by atoms with van der Waals surface area (Å²) in [6.45, 7) is 4.39. The number of amides is 2. The molecule has 0 aliphatic carbocycles. The number of benzene rings is 1. The fourth-order valence-electron chi connectivity index (χ4n) is 2.81. The Labute approximate surface area is 161 Å². The lowest BCUT2D eigenvalue weighted by Crippen LogP contribution is -2.33.